The number of amides is 1. The number of ether oxygens (including phenoxy) is 2. The molecule has 0 saturated carbocycles. The first-order chi connectivity index (χ1) is 16.3. The van der Waals surface area contributed by atoms with E-state index in [1.165, 1.54) is 0 Å². The number of nitrogens with one attached hydrogen (secondary N) is 1. The molecule has 7 heteroatoms. The fraction of sp³-hybridized carbons (Fsp3) is 0.185. The van der Waals surface area contributed by atoms with Crippen molar-refractivity contribution in [3.05, 3.63) is 90.5 Å². The van der Waals surface area contributed by atoms with Gasteiger partial charge in [-0.05, 0) is 96.0 Å². The zero-order valence-corrected chi connectivity index (χ0v) is 22.9. The molecule has 0 fully saturated rings. The van der Waals surface area contributed by atoms with Gasteiger partial charge < -0.3 is 14.8 Å². The molecule has 5 nitrogen and oxygen atoms in total. The van der Waals surface area contributed by atoms with Crippen LogP contribution in [0.25, 0.3) is 6.08 Å². The number of nitriles is 1. The van der Waals surface area contributed by atoms with Crippen LogP contribution in [0.15, 0.2) is 64.6 Å². The van der Waals surface area contributed by atoms with E-state index in [2.05, 4.69) is 43.8 Å². The fourth-order valence-electron chi connectivity index (χ4n) is 3.32. The summed E-state index contributed by atoms with van der Waals surface area (Å²) in [5.41, 5.74) is 4.30. The zero-order chi connectivity index (χ0) is 24.7. The van der Waals surface area contributed by atoms with Gasteiger partial charge >= 0.3 is 0 Å². The Labute approximate surface area is 222 Å². The number of carbonyl (C=O) groups excluding carboxylic acids is 1. The van der Waals surface area contributed by atoms with Crippen LogP contribution in [0.4, 0.5) is 5.69 Å². The molecule has 3 aromatic carbocycles. The molecular weight excluding hydrogens is 607 g/mol. The summed E-state index contributed by atoms with van der Waals surface area (Å²) < 4.78 is 13.7. The van der Waals surface area contributed by atoms with Crippen LogP contribution in [0.5, 0.6) is 11.5 Å². The summed E-state index contributed by atoms with van der Waals surface area (Å²) in [5, 5.41) is 12.5. The Morgan fingerprint density at radius 1 is 1.12 bits per heavy atom. The van der Waals surface area contributed by atoms with Gasteiger partial charge in [0, 0.05) is 10.2 Å². The van der Waals surface area contributed by atoms with Crippen LogP contribution < -0.4 is 14.8 Å². The van der Waals surface area contributed by atoms with Crippen molar-refractivity contribution in [2.24, 2.45) is 0 Å². The largest absolute Gasteiger partial charge is 0.490 e. The molecule has 0 spiro atoms. The Morgan fingerprint density at radius 2 is 1.79 bits per heavy atom. The van der Waals surface area contributed by atoms with Gasteiger partial charge in [0.25, 0.3) is 5.91 Å². The third-order valence-electron chi connectivity index (χ3n) is 5.02. The minimum Gasteiger partial charge on any atom is -0.490 e. The summed E-state index contributed by atoms with van der Waals surface area (Å²) in [4.78, 5) is 12.8. The molecule has 0 heterocycles. The molecule has 0 aliphatic carbocycles. The molecule has 1 N–H and O–H groups in total. The lowest BCUT2D eigenvalue weighted by Gasteiger charge is -2.15. The second-order valence-electron chi connectivity index (χ2n) is 7.57. The number of rotatable bonds is 8. The Kier molecular flexibility index (Phi) is 9.13. The molecule has 0 radical (unpaired) electrons. The second-order valence-corrected chi connectivity index (χ2v) is 9.65. The van der Waals surface area contributed by atoms with Crippen molar-refractivity contribution in [3.8, 4) is 17.6 Å². The summed E-state index contributed by atoms with van der Waals surface area (Å²) in [6.45, 7) is 6.58. The van der Waals surface area contributed by atoms with E-state index < -0.39 is 5.91 Å². The second kappa shape index (κ2) is 12.0. The van der Waals surface area contributed by atoms with Gasteiger partial charge in [0.1, 0.15) is 18.2 Å². The van der Waals surface area contributed by atoms with Crippen molar-refractivity contribution in [2.45, 2.75) is 27.4 Å². The predicted molar refractivity (Wildman–Crippen MR) is 147 cm³/mol. The number of anilines is 1. The highest BCUT2D eigenvalue weighted by Gasteiger charge is 2.16. The number of carbonyl (C=O) groups is 1. The number of para-hydroxylation sites is 1. The highest BCUT2D eigenvalue weighted by Crippen LogP contribution is 2.35. The molecule has 0 unspecified atom stereocenters. The number of hydrogen-bond donors (Lipinski definition) is 1. The lowest BCUT2D eigenvalue weighted by Crippen LogP contribution is -2.15. The fourth-order valence-corrected chi connectivity index (χ4v) is 4.36. The molecule has 0 saturated heterocycles. The van der Waals surface area contributed by atoms with Crippen LogP contribution in [0.3, 0.4) is 0 Å². The Morgan fingerprint density at radius 3 is 2.41 bits per heavy atom. The smallest absolute Gasteiger partial charge is 0.266 e. The van der Waals surface area contributed by atoms with Gasteiger partial charge in [-0.2, -0.15) is 5.26 Å². The van der Waals surface area contributed by atoms with Crippen molar-refractivity contribution in [1.29, 1.82) is 5.26 Å². The van der Waals surface area contributed by atoms with Crippen LogP contribution in [-0.4, -0.2) is 12.5 Å². The van der Waals surface area contributed by atoms with E-state index in [-0.39, 0.29) is 5.57 Å². The number of nitrogens with zero attached hydrogens (tertiary/aromatic N) is 1. The molecule has 34 heavy (non-hydrogen) atoms. The van der Waals surface area contributed by atoms with Crippen molar-refractivity contribution < 1.29 is 14.3 Å². The topological polar surface area (TPSA) is 71.3 Å². The quantitative estimate of drug-likeness (QED) is 0.162. The number of benzene rings is 3. The molecule has 0 bridgehead atoms. The predicted octanol–water partition coefficient (Wildman–Crippen LogP) is 7.19. The minimum absolute atomic E-state index is 0.00410. The van der Waals surface area contributed by atoms with E-state index in [9.17, 15) is 10.1 Å². The van der Waals surface area contributed by atoms with Crippen LogP contribution in [-0.2, 0) is 11.4 Å². The molecule has 1 amide bonds. The van der Waals surface area contributed by atoms with Gasteiger partial charge in [0.2, 0.25) is 0 Å². The van der Waals surface area contributed by atoms with E-state index in [1.54, 1.807) is 12.1 Å². The van der Waals surface area contributed by atoms with E-state index in [0.29, 0.717) is 30.3 Å². The van der Waals surface area contributed by atoms with Crippen LogP contribution in [0.1, 0.15) is 29.2 Å². The van der Waals surface area contributed by atoms with E-state index in [1.807, 2.05) is 75.4 Å². The number of halogens is 2. The third kappa shape index (κ3) is 6.61. The molecule has 0 aliphatic heterocycles. The van der Waals surface area contributed by atoms with Gasteiger partial charge in [-0.25, -0.2) is 0 Å². The summed E-state index contributed by atoms with van der Waals surface area (Å²) >= 11 is 5.61. The average molecular weight is 631 g/mol. The van der Waals surface area contributed by atoms with E-state index in [0.717, 1.165) is 30.4 Å². The van der Waals surface area contributed by atoms with Gasteiger partial charge in [-0.1, -0.05) is 46.3 Å². The maximum absolute atomic E-state index is 12.8. The molecule has 0 aromatic heterocycles. The van der Waals surface area contributed by atoms with E-state index >= 15 is 0 Å². The average Bonchev–Trinajstić information content (AvgIpc) is 2.80. The Hall–Kier alpha value is -2.83. The molecule has 0 atom stereocenters. The highest BCUT2D eigenvalue weighted by molar-refractivity contribution is 14.1. The van der Waals surface area contributed by atoms with Crippen LogP contribution in [0, 0.1) is 28.7 Å². The summed E-state index contributed by atoms with van der Waals surface area (Å²) in [5.74, 6) is 0.731. The summed E-state index contributed by atoms with van der Waals surface area (Å²) in [6, 6.07) is 19.3. The SMILES string of the molecule is CCOc1cc(/C=C(/C#N)C(=O)Nc2c(C)cccc2C)cc(I)c1OCc1ccc(Br)cc1. The van der Waals surface area contributed by atoms with Gasteiger partial charge in [-0.15, -0.1) is 0 Å². The van der Waals surface area contributed by atoms with Gasteiger partial charge in [0.05, 0.1) is 10.2 Å². The maximum Gasteiger partial charge on any atom is 0.266 e. The van der Waals surface area contributed by atoms with Crippen LogP contribution >= 0.6 is 38.5 Å². The van der Waals surface area contributed by atoms with Crippen molar-refractivity contribution >= 4 is 56.2 Å². The van der Waals surface area contributed by atoms with Crippen molar-refractivity contribution in [3.63, 3.8) is 0 Å². The molecular formula is C27H24BrIN2O3. The van der Waals surface area contributed by atoms with E-state index in [4.69, 9.17) is 9.47 Å². The lowest BCUT2D eigenvalue weighted by atomic mass is 10.1. The third-order valence-corrected chi connectivity index (χ3v) is 6.35. The first kappa shape index (κ1) is 25.8. The Balaban J connectivity index is 1.86. The summed E-state index contributed by atoms with van der Waals surface area (Å²) in [7, 11) is 0. The molecule has 174 valence electrons. The van der Waals surface area contributed by atoms with Gasteiger partial charge in [-0.3, -0.25) is 4.79 Å². The molecule has 0 aliphatic rings. The van der Waals surface area contributed by atoms with Crippen molar-refractivity contribution in [2.75, 3.05) is 11.9 Å². The lowest BCUT2D eigenvalue weighted by molar-refractivity contribution is -0.112. The monoisotopic (exact) mass is 630 g/mol. The first-order valence-corrected chi connectivity index (χ1v) is 12.5. The zero-order valence-electron chi connectivity index (χ0n) is 19.1. The van der Waals surface area contributed by atoms with Crippen molar-refractivity contribution in [1.82, 2.24) is 0 Å². The first-order valence-electron chi connectivity index (χ1n) is 10.6. The molecule has 3 rings (SSSR count). The number of aryl methyl sites for hydroxylation is 2. The standard InChI is InChI=1S/C27H24BrIN2O3/c1-4-33-24-14-20(13-23(29)26(24)34-16-19-8-10-22(28)11-9-19)12-21(15-30)27(32)31-25-17(2)6-5-7-18(25)3/h5-14H,4,16H2,1-3H3,(H,31,32)/b21-12-. The van der Waals surface area contributed by atoms with Gasteiger partial charge in [0.15, 0.2) is 11.5 Å². The normalized spacial score (nSPS) is 11.0. The summed E-state index contributed by atoms with van der Waals surface area (Å²) in [6.07, 6.45) is 1.56. The Bertz CT molecular complexity index is 1240. The molecule has 3 aromatic rings. The number of hydrogen-bond acceptors (Lipinski definition) is 4. The highest BCUT2D eigenvalue weighted by atomic mass is 127. The maximum atomic E-state index is 12.8. The minimum atomic E-state index is -0.455. The van der Waals surface area contributed by atoms with Crippen LogP contribution in [0.2, 0.25) is 0 Å².